The van der Waals surface area contributed by atoms with Crippen LogP contribution in [-0.2, 0) is 9.59 Å². The van der Waals surface area contributed by atoms with E-state index in [9.17, 15) is 9.59 Å². The van der Waals surface area contributed by atoms with Crippen LogP contribution >= 0.6 is 0 Å². The number of aromatic nitrogens is 2. The lowest BCUT2D eigenvalue weighted by Crippen LogP contribution is -2.43. The average Bonchev–Trinajstić information content (AvgIpc) is 3.26. The summed E-state index contributed by atoms with van der Waals surface area (Å²) in [6.45, 7) is 5.30. The van der Waals surface area contributed by atoms with Gasteiger partial charge in [0.2, 0.25) is 11.8 Å². The molecule has 1 aliphatic heterocycles. The van der Waals surface area contributed by atoms with Crippen LogP contribution in [0.1, 0.15) is 30.7 Å². The molecule has 0 bridgehead atoms. The molecule has 2 amide bonds. The van der Waals surface area contributed by atoms with Gasteiger partial charge in [0.1, 0.15) is 0 Å². The molecule has 3 rings (SSSR count). The lowest BCUT2D eigenvalue weighted by molar-refractivity contribution is -0.133. The van der Waals surface area contributed by atoms with Gasteiger partial charge in [-0.15, -0.1) is 0 Å². The largest absolute Gasteiger partial charge is 0.347 e. The number of hydrogen-bond donors (Lipinski definition) is 1. The van der Waals surface area contributed by atoms with Crippen LogP contribution in [0.4, 0.5) is 5.69 Å². The molecule has 1 unspecified atom stereocenters. The van der Waals surface area contributed by atoms with E-state index in [0.29, 0.717) is 13.0 Å². The van der Waals surface area contributed by atoms with Gasteiger partial charge in [0.25, 0.3) is 0 Å². The van der Waals surface area contributed by atoms with Gasteiger partial charge >= 0.3 is 0 Å². The minimum Gasteiger partial charge on any atom is -0.347 e. The molecule has 1 aromatic heterocycles. The van der Waals surface area contributed by atoms with Gasteiger partial charge in [0.15, 0.2) is 0 Å². The Labute approximate surface area is 166 Å². The van der Waals surface area contributed by atoms with Gasteiger partial charge < -0.3 is 10.2 Å². The van der Waals surface area contributed by atoms with Crippen LogP contribution in [0.25, 0.3) is 5.69 Å². The summed E-state index contributed by atoms with van der Waals surface area (Å²) < 4.78 is 1.84. The topological polar surface area (TPSA) is 70.5 Å². The second-order valence-corrected chi connectivity index (χ2v) is 7.52. The molecule has 2 aromatic rings. The van der Waals surface area contributed by atoms with Crippen molar-refractivity contribution >= 4 is 17.5 Å². The molecule has 0 spiro atoms. The fraction of sp³-hybridized carbons (Fsp3) is 0.476. The molecule has 1 N–H and O–H groups in total. The first-order chi connectivity index (χ1) is 13.4. The molecular weight excluding hydrogens is 354 g/mol. The van der Waals surface area contributed by atoms with Crippen molar-refractivity contribution in [3.63, 3.8) is 0 Å². The lowest BCUT2D eigenvalue weighted by Gasteiger charge is -2.25. The quantitative estimate of drug-likeness (QED) is 0.831. The number of para-hydroxylation sites is 1. The number of likely N-dealkylation sites (N-methyl/N-ethyl adjacent to an activating group) is 1. The van der Waals surface area contributed by atoms with Crippen molar-refractivity contribution in [2.75, 3.05) is 32.5 Å². The van der Waals surface area contributed by atoms with Crippen LogP contribution < -0.4 is 5.32 Å². The Balaban J connectivity index is 1.63. The summed E-state index contributed by atoms with van der Waals surface area (Å²) in [5, 5.41) is 7.58. The third kappa shape index (κ3) is 4.25. The summed E-state index contributed by atoms with van der Waals surface area (Å²) >= 11 is 0. The Kier molecular flexibility index (Phi) is 6.14. The Hall–Kier alpha value is -2.67. The summed E-state index contributed by atoms with van der Waals surface area (Å²) in [7, 11) is 3.56. The van der Waals surface area contributed by atoms with Crippen LogP contribution in [0.3, 0.4) is 0 Å². The molecule has 2 heterocycles. The van der Waals surface area contributed by atoms with Crippen molar-refractivity contribution in [1.29, 1.82) is 0 Å². The third-order valence-corrected chi connectivity index (χ3v) is 5.27. The molecule has 1 fully saturated rings. The van der Waals surface area contributed by atoms with E-state index in [0.717, 1.165) is 42.1 Å². The van der Waals surface area contributed by atoms with Gasteiger partial charge in [-0.25, -0.2) is 4.68 Å². The summed E-state index contributed by atoms with van der Waals surface area (Å²) in [4.78, 5) is 28.6. The van der Waals surface area contributed by atoms with E-state index >= 15 is 0 Å². The number of carbonyl (C=O) groups is 2. The van der Waals surface area contributed by atoms with Crippen molar-refractivity contribution < 1.29 is 9.59 Å². The second-order valence-electron chi connectivity index (χ2n) is 7.52. The number of anilines is 1. The van der Waals surface area contributed by atoms with E-state index in [1.807, 2.05) is 48.9 Å². The first kappa shape index (κ1) is 20.1. The van der Waals surface area contributed by atoms with Crippen molar-refractivity contribution in [1.82, 2.24) is 19.6 Å². The molecule has 1 aliphatic rings. The standard InChI is InChI=1S/C21H29N5O2/c1-15-20(16(2)26(23-15)17-9-6-5-7-10-17)22-19(27)12-14-25-13-8-11-18(25)21(28)24(3)4/h5-7,9-10,18H,8,11-14H2,1-4H3,(H,22,27). The zero-order valence-corrected chi connectivity index (χ0v) is 17.1. The number of nitrogens with one attached hydrogen (secondary N) is 1. The number of rotatable bonds is 6. The number of benzene rings is 1. The monoisotopic (exact) mass is 383 g/mol. The molecule has 0 aliphatic carbocycles. The first-order valence-electron chi connectivity index (χ1n) is 9.75. The number of nitrogens with zero attached hydrogens (tertiary/aromatic N) is 4. The third-order valence-electron chi connectivity index (χ3n) is 5.27. The number of carbonyl (C=O) groups excluding carboxylic acids is 2. The Bertz CT molecular complexity index is 844. The van der Waals surface area contributed by atoms with Crippen LogP contribution in [0.5, 0.6) is 0 Å². The SMILES string of the molecule is Cc1nn(-c2ccccc2)c(C)c1NC(=O)CCN1CCCC1C(=O)N(C)C. The minimum absolute atomic E-state index is 0.0539. The summed E-state index contributed by atoms with van der Waals surface area (Å²) in [5.41, 5.74) is 3.41. The highest BCUT2D eigenvalue weighted by molar-refractivity contribution is 5.92. The Morgan fingerprint density at radius 2 is 1.93 bits per heavy atom. The molecule has 1 atom stereocenters. The van der Waals surface area contributed by atoms with Gasteiger partial charge in [0.05, 0.1) is 28.8 Å². The maximum Gasteiger partial charge on any atom is 0.239 e. The highest BCUT2D eigenvalue weighted by Gasteiger charge is 2.31. The molecule has 1 aromatic carbocycles. The van der Waals surface area contributed by atoms with Gasteiger partial charge in [0, 0.05) is 27.1 Å². The van der Waals surface area contributed by atoms with E-state index in [1.165, 1.54) is 0 Å². The zero-order valence-electron chi connectivity index (χ0n) is 17.1. The molecule has 7 heteroatoms. The molecule has 1 saturated heterocycles. The normalized spacial score (nSPS) is 16.9. The van der Waals surface area contributed by atoms with Crippen molar-refractivity contribution in [2.24, 2.45) is 0 Å². The Morgan fingerprint density at radius 1 is 1.21 bits per heavy atom. The smallest absolute Gasteiger partial charge is 0.239 e. The summed E-state index contributed by atoms with van der Waals surface area (Å²) in [5.74, 6) is 0.0653. The van der Waals surface area contributed by atoms with Crippen molar-refractivity contribution in [3.8, 4) is 5.69 Å². The predicted molar refractivity (Wildman–Crippen MR) is 110 cm³/mol. The fourth-order valence-electron chi connectivity index (χ4n) is 3.76. The van der Waals surface area contributed by atoms with Crippen LogP contribution in [0.2, 0.25) is 0 Å². The number of hydrogen-bond acceptors (Lipinski definition) is 4. The molecule has 28 heavy (non-hydrogen) atoms. The number of likely N-dealkylation sites (tertiary alicyclic amines) is 1. The lowest BCUT2D eigenvalue weighted by atomic mass is 10.2. The number of amides is 2. The number of aryl methyl sites for hydroxylation is 1. The maximum atomic E-state index is 12.6. The van der Waals surface area contributed by atoms with E-state index in [-0.39, 0.29) is 17.9 Å². The van der Waals surface area contributed by atoms with Crippen LogP contribution in [0.15, 0.2) is 30.3 Å². The average molecular weight is 383 g/mol. The summed E-state index contributed by atoms with van der Waals surface area (Å²) in [6, 6.07) is 9.76. The zero-order chi connectivity index (χ0) is 20.3. The van der Waals surface area contributed by atoms with Crippen molar-refractivity contribution in [3.05, 3.63) is 41.7 Å². The predicted octanol–water partition coefficient (Wildman–Crippen LogP) is 2.37. The van der Waals surface area contributed by atoms with Gasteiger partial charge in [-0.05, 0) is 45.4 Å². The molecule has 7 nitrogen and oxygen atoms in total. The minimum atomic E-state index is -0.105. The molecule has 150 valence electrons. The van der Waals surface area contributed by atoms with Gasteiger partial charge in [-0.3, -0.25) is 14.5 Å². The van der Waals surface area contributed by atoms with Gasteiger partial charge in [-0.2, -0.15) is 5.10 Å². The maximum absolute atomic E-state index is 12.6. The van der Waals surface area contributed by atoms with Gasteiger partial charge in [-0.1, -0.05) is 18.2 Å². The highest BCUT2D eigenvalue weighted by Crippen LogP contribution is 2.23. The van der Waals surface area contributed by atoms with Crippen molar-refractivity contribution in [2.45, 2.75) is 39.2 Å². The van der Waals surface area contributed by atoms with E-state index in [4.69, 9.17) is 0 Å². The van der Waals surface area contributed by atoms with E-state index < -0.39 is 0 Å². The highest BCUT2D eigenvalue weighted by atomic mass is 16.2. The van der Waals surface area contributed by atoms with E-state index in [2.05, 4.69) is 15.3 Å². The first-order valence-corrected chi connectivity index (χ1v) is 9.75. The van der Waals surface area contributed by atoms with Crippen LogP contribution in [0, 0.1) is 13.8 Å². The molecular formula is C21H29N5O2. The second kappa shape index (κ2) is 8.56. The molecule has 0 radical (unpaired) electrons. The fourth-order valence-corrected chi connectivity index (χ4v) is 3.76. The molecule has 0 saturated carbocycles. The van der Waals surface area contributed by atoms with Crippen LogP contribution in [-0.4, -0.2) is 64.6 Å². The summed E-state index contributed by atoms with van der Waals surface area (Å²) in [6.07, 6.45) is 2.21. The van der Waals surface area contributed by atoms with E-state index in [1.54, 1.807) is 19.0 Å². The Morgan fingerprint density at radius 3 is 2.61 bits per heavy atom.